The molecule has 16 heavy (non-hydrogen) atoms. The van der Waals surface area contributed by atoms with Gasteiger partial charge in [0.1, 0.15) is 0 Å². The van der Waals surface area contributed by atoms with E-state index in [1.807, 2.05) is 38.2 Å². The summed E-state index contributed by atoms with van der Waals surface area (Å²) in [4.78, 5) is 13.6. The van der Waals surface area contributed by atoms with Crippen LogP contribution in [0.15, 0.2) is 24.3 Å². The van der Waals surface area contributed by atoms with E-state index in [9.17, 15) is 4.79 Å². The second-order valence-electron chi connectivity index (χ2n) is 3.99. The molecule has 3 nitrogen and oxygen atoms in total. The third-order valence-electron chi connectivity index (χ3n) is 2.70. The number of aryl methyl sites for hydroxylation is 1. The van der Waals surface area contributed by atoms with Gasteiger partial charge in [0, 0.05) is 19.2 Å². The fraction of sp³-hybridized carbons (Fsp3) is 0.462. The average molecular weight is 220 g/mol. The van der Waals surface area contributed by atoms with Crippen molar-refractivity contribution in [1.82, 2.24) is 0 Å². The SMILES string of the molecule is Cc1ccccc1N(C)C(=O)CCCCN. The predicted octanol–water partition coefficient (Wildman–Crippen LogP) is 2.09. The minimum atomic E-state index is 0.155. The third-order valence-corrected chi connectivity index (χ3v) is 2.70. The van der Waals surface area contributed by atoms with Crippen LogP contribution in [-0.2, 0) is 4.79 Å². The van der Waals surface area contributed by atoms with E-state index in [0.29, 0.717) is 13.0 Å². The molecule has 0 heterocycles. The zero-order valence-corrected chi connectivity index (χ0v) is 10.1. The molecule has 0 aliphatic heterocycles. The lowest BCUT2D eigenvalue weighted by atomic mass is 10.1. The monoisotopic (exact) mass is 220 g/mol. The Morgan fingerprint density at radius 2 is 2.00 bits per heavy atom. The molecule has 0 bridgehead atoms. The van der Waals surface area contributed by atoms with E-state index < -0.39 is 0 Å². The maximum atomic E-state index is 11.9. The number of nitrogens with two attached hydrogens (primary N) is 1. The van der Waals surface area contributed by atoms with Crippen LogP contribution in [0.4, 0.5) is 5.69 Å². The van der Waals surface area contributed by atoms with Gasteiger partial charge in [0.05, 0.1) is 0 Å². The quantitative estimate of drug-likeness (QED) is 0.772. The second-order valence-corrected chi connectivity index (χ2v) is 3.99. The van der Waals surface area contributed by atoms with Crippen molar-refractivity contribution in [1.29, 1.82) is 0 Å². The summed E-state index contributed by atoms with van der Waals surface area (Å²) in [6.45, 7) is 2.67. The maximum absolute atomic E-state index is 11.9. The number of amides is 1. The lowest BCUT2D eigenvalue weighted by Gasteiger charge is -2.19. The van der Waals surface area contributed by atoms with Gasteiger partial charge in [-0.05, 0) is 37.9 Å². The molecule has 0 unspecified atom stereocenters. The molecule has 2 N–H and O–H groups in total. The minimum absolute atomic E-state index is 0.155. The van der Waals surface area contributed by atoms with Gasteiger partial charge >= 0.3 is 0 Å². The molecule has 0 aliphatic rings. The Morgan fingerprint density at radius 3 is 2.62 bits per heavy atom. The van der Waals surface area contributed by atoms with Crippen LogP contribution in [0.5, 0.6) is 0 Å². The van der Waals surface area contributed by atoms with E-state index >= 15 is 0 Å². The fourth-order valence-corrected chi connectivity index (χ4v) is 1.66. The van der Waals surface area contributed by atoms with Crippen molar-refractivity contribution < 1.29 is 4.79 Å². The molecule has 0 radical (unpaired) electrons. The van der Waals surface area contributed by atoms with Crippen LogP contribution >= 0.6 is 0 Å². The van der Waals surface area contributed by atoms with Crippen molar-refractivity contribution in [2.24, 2.45) is 5.73 Å². The number of unbranched alkanes of at least 4 members (excludes halogenated alkanes) is 1. The number of nitrogens with zero attached hydrogens (tertiary/aromatic N) is 1. The number of rotatable bonds is 5. The highest BCUT2D eigenvalue weighted by Gasteiger charge is 2.11. The van der Waals surface area contributed by atoms with Crippen LogP contribution in [-0.4, -0.2) is 19.5 Å². The molecule has 0 spiro atoms. The molecule has 3 heteroatoms. The highest BCUT2D eigenvalue weighted by Crippen LogP contribution is 2.18. The first-order chi connectivity index (χ1) is 7.66. The number of hydrogen-bond acceptors (Lipinski definition) is 2. The fourth-order valence-electron chi connectivity index (χ4n) is 1.66. The summed E-state index contributed by atoms with van der Waals surface area (Å²) in [7, 11) is 1.83. The first-order valence-electron chi connectivity index (χ1n) is 5.69. The second kappa shape index (κ2) is 6.28. The Bertz CT molecular complexity index is 350. The smallest absolute Gasteiger partial charge is 0.226 e. The summed E-state index contributed by atoms with van der Waals surface area (Å²) in [6.07, 6.45) is 2.35. The molecule has 0 aliphatic carbocycles. The molecule has 0 saturated heterocycles. The van der Waals surface area contributed by atoms with Crippen LogP contribution in [0, 0.1) is 6.92 Å². The minimum Gasteiger partial charge on any atom is -0.330 e. The number of carbonyl (C=O) groups is 1. The lowest BCUT2D eigenvalue weighted by Crippen LogP contribution is -2.26. The molecule has 1 rings (SSSR count). The van der Waals surface area contributed by atoms with Crippen LogP contribution in [0.3, 0.4) is 0 Å². The van der Waals surface area contributed by atoms with Gasteiger partial charge in [-0.2, -0.15) is 0 Å². The van der Waals surface area contributed by atoms with Gasteiger partial charge in [-0.1, -0.05) is 18.2 Å². The van der Waals surface area contributed by atoms with Gasteiger partial charge in [-0.15, -0.1) is 0 Å². The molecular formula is C13H20N2O. The van der Waals surface area contributed by atoms with Crippen LogP contribution < -0.4 is 10.6 Å². The molecule has 0 fully saturated rings. The molecule has 0 saturated carbocycles. The van der Waals surface area contributed by atoms with E-state index in [1.54, 1.807) is 4.90 Å². The van der Waals surface area contributed by atoms with Gasteiger partial charge in [-0.25, -0.2) is 0 Å². The van der Waals surface area contributed by atoms with Gasteiger partial charge in [0.25, 0.3) is 0 Å². The maximum Gasteiger partial charge on any atom is 0.226 e. The van der Waals surface area contributed by atoms with Crippen LogP contribution in [0.1, 0.15) is 24.8 Å². The van der Waals surface area contributed by atoms with E-state index in [4.69, 9.17) is 5.73 Å². The zero-order chi connectivity index (χ0) is 12.0. The van der Waals surface area contributed by atoms with Gasteiger partial charge < -0.3 is 10.6 Å². The van der Waals surface area contributed by atoms with Crippen molar-refractivity contribution in [3.63, 3.8) is 0 Å². The molecule has 0 atom stereocenters. The summed E-state index contributed by atoms with van der Waals surface area (Å²) >= 11 is 0. The largest absolute Gasteiger partial charge is 0.330 e. The van der Waals surface area contributed by atoms with E-state index in [-0.39, 0.29) is 5.91 Å². The molecule has 1 aromatic rings. The third kappa shape index (κ3) is 3.35. The molecule has 88 valence electrons. The van der Waals surface area contributed by atoms with E-state index in [1.165, 1.54) is 0 Å². The van der Waals surface area contributed by atoms with Crippen molar-refractivity contribution in [3.8, 4) is 0 Å². The normalized spacial score (nSPS) is 10.2. The van der Waals surface area contributed by atoms with E-state index in [2.05, 4.69) is 0 Å². The standard InChI is InChI=1S/C13H20N2O/c1-11-7-3-4-8-12(11)15(2)13(16)9-5-6-10-14/h3-4,7-8H,5-6,9-10,14H2,1-2H3. The molecule has 1 aromatic carbocycles. The summed E-state index contributed by atoms with van der Waals surface area (Å²) in [5, 5.41) is 0. The Labute approximate surface area is 97.2 Å². The summed E-state index contributed by atoms with van der Waals surface area (Å²) in [5.74, 6) is 0.155. The van der Waals surface area contributed by atoms with Crippen molar-refractivity contribution in [2.75, 3.05) is 18.5 Å². The Kier molecular flexibility index (Phi) is 4.99. The summed E-state index contributed by atoms with van der Waals surface area (Å²) in [6, 6.07) is 7.91. The van der Waals surface area contributed by atoms with Crippen molar-refractivity contribution >= 4 is 11.6 Å². The summed E-state index contributed by atoms with van der Waals surface area (Å²) in [5.41, 5.74) is 7.51. The predicted molar refractivity (Wildman–Crippen MR) is 67.5 cm³/mol. The number of hydrogen-bond donors (Lipinski definition) is 1. The zero-order valence-electron chi connectivity index (χ0n) is 10.1. The number of anilines is 1. The Balaban J connectivity index is 2.60. The topological polar surface area (TPSA) is 46.3 Å². The van der Waals surface area contributed by atoms with E-state index in [0.717, 1.165) is 24.1 Å². The van der Waals surface area contributed by atoms with Gasteiger partial charge in [-0.3, -0.25) is 4.79 Å². The Morgan fingerprint density at radius 1 is 1.31 bits per heavy atom. The number of benzene rings is 1. The molecule has 1 amide bonds. The van der Waals surface area contributed by atoms with Crippen molar-refractivity contribution in [3.05, 3.63) is 29.8 Å². The molecular weight excluding hydrogens is 200 g/mol. The highest BCUT2D eigenvalue weighted by molar-refractivity contribution is 5.93. The number of para-hydroxylation sites is 1. The van der Waals surface area contributed by atoms with Crippen LogP contribution in [0.2, 0.25) is 0 Å². The summed E-state index contributed by atoms with van der Waals surface area (Å²) < 4.78 is 0. The van der Waals surface area contributed by atoms with Crippen LogP contribution in [0.25, 0.3) is 0 Å². The number of carbonyl (C=O) groups excluding carboxylic acids is 1. The van der Waals surface area contributed by atoms with Gasteiger partial charge in [0.2, 0.25) is 5.91 Å². The first kappa shape index (κ1) is 12.7. The first-order valence-corrected chi connectivity index (χ1v) is 5.69. The average Bonchev–Trinajstić information content (AvgIpc) is 2.29. The lowest BCUT2D eigenvalue weighted by molar-refractivity contribution is -0.118. The Hall–Kier alpha value is -1.35. The highest BCUT2D eigenvalue weighted by atomic mass is 16.2. The molecule has 0 aromatic heterocycles. The van der Waals surface area contributed by atoms with Gasteiger partial charge in [0.15, 0.2) is 0 Å². The van der Waals surface area contributed by atoms with Crippen molar-refractivity contribution in [2.45, 2.75) is 26.2 Å².